The van der Waals surface area contributed by atoms with Gasteiger partial charge in [-0.3, -0.25) is 4.90 Å². The van der Waals surface area contributed by atoms with Crippen LogP contribution in [0, 0.1) is 13.8 Å². The Morgan fingerprint density at radius 2 is 1.81 bits per heavy atom. The van der Waals surface area contributed by atoms with E-state index >= 15 is 0 Å². The van der Waals surface area contributed by atoms with Crippen LogP contribution in [0.25, 0.3) is 17.0 Å². The summed E-state index contributed by atoms with van der Waals surface area (Å²) in [7, 11) is 0. The van der Waals surface area contributed by atoms with E-state index in [9.17, 15) is 0 Å². The highest BCUT2D eigenvalue weighted by atomic mass is 16.5. The Morgan fingerprint density at radius 3 is 2.41 bits per heavy atom. The van der Waals surface area contributed by atoms with Crippen LogP contribution in [0.4, 0.5) is 5.82 Å². The lowest BCUT2D eigenvalue weighted by molar-refractivity contribution is 0.208. The maximum absolute atomic E-state index is 5.23. The van der Waals surface area contributed by atoms with Crippen molar-refractivity contribution in [2.45, 2.75) is 47.1 Å². The fraction of sp³-hybridized carbons (Fsp3) is 0.550. The lowest BCUT2D eigenvalue weighted by Crippen LogP contribution is -2.49. The lowest BCUT2D eigenvalue weighted by Gasteiger charge is -2.38. The molecule has 3 aromatic heterocycles. The number of nitrogens with zero attached hydrogens (tertiary/aromatic N) is 6. The Hall–Kier alpha value is -2.41. The van der Waals surface area contributed by atoms with Gasteiger partial charge in [0.2, 0.25) is 0 Å². The van der Waals surface area contributed by atoms with E-state index in [0.29, 0.717) is 6.04 Å². The van der Waals surface area contributed by atoms with Gasteiger partial charge in [-0.15, -0.1) is 0 Å². The quantitative estimate of drug-likeness (QED) is 0.705. The van der Waals surface area contributed by atoms with Gasteiger partial charge in [0, 0.05) is 55.6 Å². The zero-order valence-corrected chi connectivity index (χ0v) is 16.9. The summed E-state index contributed by atoms with van der Waals surface area (Å²) in [5, 5.41) is 8.97. The third-order valence-corrected chi connectivity index (χ3v) is 5.47. The maximum atomic E-state index is 5.23. The fourth-order valence-corrected chi connectivity index (χ4v) is 3.94. The van der Waals surface area contributed by atoms with Gasteiger partial charge in [0.05, 0.1) is 0 Å². The molecular weight excluding hydrogens is 340 g/mol. The van der Waals surface area contributed by atoms with Gasteiger partial charge in [-0.2, -0.15) is 9.61 Å². The first-order valence-electron chi connectivity index (χ1n) is 9.80. The molecule has 0 unspecified atom stereocenters. The molecule has 0 aliphatic carbocycles. The minimum atomic E-state index is 0.587. The predicted octanol–water partition coefficient (Wildman–Crippen LogP) is 3.09. The average molecular weight is 368 g/mol. The number of rotatable bonds is 4. The zero-order valence-electron chi connectivity index (χ0n) is 16.9. The molecule has 1 aliphatic rings. The highest BCUT2D eigenvalue weighted by Crippen LogP contribution is 2.28. The molecule has 0 amide bonds. The molecule has 7 heteroatoms. The Morgan fingerprint density at radius 1 is 1.07 bits per heavy atom. The highest BCUT2D eigenvalue weighted by Gasteiger charge is 2.25. The SMILES string of the molecule is CCc1c(C)nc2cc(-c3cc(C)on3)nn2c1N1CCN(C(C)C)CC1. The first-order valence-corrected chi connectivity index (χ1v) is 9.80. The van der Waals surface area contributed by atoms with Crippen LogP contribution in [0.1, 0.15) is 37.8 Å². The molecule has 7 nitrogen and oxygen atoms in total. The van der Waals surface area contributed by atoms with Crippen LogP contribution >= 0.6 is 0 Å². The molecule has 4 heterocycles. The molecule has 0 atom stereocenters. The molecule has 0 saturated carbocycles. The average Bonchev–Trinajstić information content (AvgIpc) is 3.26. The molecular formula is C20H28N6O. The van der Waals surface area contributed by atoms with E-state index in [-0.39, 0.29) is 0 Å². The first-order chi connectivity index (χ1) is 13.0. The maximum Gasteiger partial charge on any atom is 0.158 e. The third kappa shape index (κ3) is 3.20. The van der Waals surface area contributed by atoms with Crippen LogP contribution in [0.5, 0.6) is 0 Å². The second-order valence-corrected chi connectivity index (χ2v) is 7.59. The summed E-state index contributed by atoms with van der Waals surface area (Å²) in [6.07, 6.45) is 0.937. The molecule has 0 aromatic carbocycles. The molecule has 1 saturated heterocycles. The van der Waals surface area contributed by atoms with E-state index < -0.39 is 0 Å². The highest BCUT2D eigenvalue weighted by molar-refractivity contribution is 5.65. The number of aryl methyl sites for hydroxylation is 2. The summed E-state index contributed by atoms with van der Waals surface area (Å²) in [6.45, 7) is 14.9. The van der Waals surface area contributed by atoms with Crippen LogP contribution in [0.3, 0.4) is 0 Å². The Kier molecular flexibility index (Phi) is 4.63. The Balaban J connectivity index is 1.79. The number of fused-ring (bicyclic) bond motifs is 1. The standard InChI is InChI=1S/C20H28N6O/c1-6-16-15(5)21-19-12-17(18-11-14(4)27-23-18)22-26(19)20(16)25-9-7-24(8-10-25)13(2)3/h11-13H,6-10H2,1-5H3. The minimum Gasteiger partial charge on any atom is -0.361 e. The summed E-state index contributed by atoms with van der Waals surface area (Å²) in [6, 6.07) is 4.50. The van der Waals surface area contributed by atoms with Crippen LogP contribution < -0.4 is 4.90 Å². The van der Waals surface area contributed by atoms with Gasteiger partial charge in [-0.1, -0.05) is 12.1 Å². The van der Waals surface area contributed by atoms with Crippen molar-refractivity contribution in [2.24, 2.45) is 0 Å². The van der Waals surface area contributed by atoms with Crippen molar-refractivity contribution in [3.63, 3.8) is 0 Å². The summed E-state index contributed by atoms with van der Waals surface area (Å²) in [5.41, 5.74) is 4.76. The van der Waals surface area contributed by atoms with E-state index in [4.69, 9.17) is 14.6 Å². The zero-order chi connectivity index (χ0) is 19.1. The van der Waals surface area contributed by atoms with E-state index in [2.05, 4.69) is 42.7 Å². The minimum absolute atomic E-state index is 0.587. The molecule has 4 rings (SSSR count). The van der Waals surface area contributed by atoms with Crippen LogP contribution in [-0.2, 0) is 6.42 Å². The monoisotopic (exact) mass is 368 g/mol. The number of anilines is 1. The van der Waals surface area contributed by atoms with Gasteiger partial charge < -0.3 is 9.42 Å². The van der Waals surface area contributed by atoms with Gasteiger partial charge in [0.25, 0.3) is 0 Å². The topological polar surface area (TPSA) is 62.7 Å². The molecule has 0 bridgehead atoms. The fourth-order valence-electron chi connectivity index (χ4n) is 3.94. The summed E-state index contributed by atoms with van der Waals surface area (Å²) in [5.74, 6) is 1.96. The van der Waals surface area contributed by atoms with Crippen molar-refractivity contribution in [2.75, 3.05) is 31.1 Å². The first kappa shape index (κ1) is 18.0. The Labute approximate surface area is 160 Å². The van der Waals surface area contributed by atoms with Crippen molar-refractivity contribution in [1.29, 1.82) is 0 Å². The van der Waals surface area contributed by atoms with E-state index in [1.807, 2.05) is 23.6 Å². The summed E-state index contributed by atoms with van der Waals surface area (Å²) in [4.78, 5) is 9.79. The van der Waals surface area contributed by atoms with Gasteiger partial charge in [0.15, 0.2) is 5.65 Å². The molecule has 0 spiro atoms. The van der Waals surface area contributed by atoms with Gasteiger partial charge in [-0.25, -0.2) is 4.98 Å². The third-order valence-electron chi connectivity index (χ3n) is 5.47. The van der Waals surface area contributed by atoms with Crippen molar-refractivity contribution in [3.05, 3.63) is 29.2 Å². The van der Waals surface area contributed by atoms with Gasteiger partial charge in [0.1, 0.15) is 23.0 Å². The van der Waals surface area contributed by atoms with Crippen molar-refractivity contribution in [3.8, 4) is 11.4 Å². The predicted molar refractivity (Wildman–Crippen MR) is 106 cm³/mol. The number of aromatic nitrogens is 4. The Bertz CT molecular complexity index is 949. The number of hydrogen-bond acceptors (Lipinski definition) is 6. The lowest BCUT2D eigenvalue weighted by atomic mass is 10.1. The van der Waals surface area contributed by atoms with Gasteiger partial charge >= 0.3 is 0 Å². The molecule has 27 heavy (non-hydrogen) atoms. The smallest absolute Gasteiger partial charge is 0.158 e. The molecule has 3 aromatic rings. The number of piperazine rings is 1. The van der Waals surface area contributed by atoms with Crippen LogP contribution in [0.2, 0.25) is 0 Å². The second kappa shape index (κ2) is 6.96. The number of hydrogen-bond donors (Lipinski definition) is 0. The van der Waals surface area contributed by atoms with E-state index in [0.717, 1.165) is 61.1 Å². The van der Waals surface area contributed by atoms with Gasteiger partial charge in [-0.05, 0) is 34.1 Å². The van der Waals surface area contributed by atoms with E-state index in [1.54, 1.807) is 0 Å². The molecule has 1 aliphatic heterocycles. The van der Waals surface area contributed by atoms with Crippen LogP contribution in [-0.4, -0.2) is 56.9 Å². The second-order valence-electron chi connectivity index (χ2n) is 7.59. The van der Waals surface area contributed by atoms with E-state index in [1.165, 1.54) is 11.4 Å². The summed E-state index contributed by atoms with van der Waals surface area (Å²) < 4.78 is 7.22. The molecule has 0 N–H and O–H groups in total. The van der Waals surface area contributed by atoms with Crippen LogP contribution in [0.15, 0.2) is 16.7 Å². The molecule has 0 radical (unpaired) electrons. The van der Waals surface area contributed by atoms with Crippen molar-refractivity contribution < 1.29 is 4.52 Å². The van der Waals surface area contributed by atoms with Crippen molar-refractivity contribution in [1.82, 2.24) is 24.7 Å². The normalized spacial score (nSPS) is 16.0. The largest absolute Gasteiger partial charge is 0.361 e. The molecule has 144 valence electrons. The molecule has 1 fully saturated rings. The van der Waals surface area contributed by atoms with Crippen molar-refractivity contribution >= 4 is 11.5 Å². The summed E-state index contributed by atoms with van der Waals surface area (Å²) >= 11 is 0.